The van der Waals surface area contributed by atoms with Crippen LogP contribution >= 0.6 is 0 Å². The highest BCUT2D eigenvalue weighted by molar-refractivity contribution is 5.84. The number of alkyl halides is 2. The van der Waals surface area contributed by atoms with E-state index in [4.69, 9.17) is 0 Å². The van der Waals surface area contributed by atoms with Gasteiger partial charge in [-0.15, -0.1) is 0 Å². The van der Waals surface area contributed by atoms with E-state index in [9.17, 15) is 13.2 Å². The topological polar surface area (TPSA) is 15.8 Å². The van der Waals surface area contributed by atoms with Crippen LogP contribution in [0.25, 0.3) is 10.9 Å². The van der Waals surface area contributed by atoms with E-state index in [1.165, 1.54) is 6.07 Å². The lowest BCUT2D eigenvalue weighted by molar-refractivity contribution is 0.0188. The second kappa shape index (κ2) is 3.02. The number of fused-ring (bicyclic) bond motifs is 1. The molecular formula is C11H10F3N. The average Bonchev–Trinajstić information content (AvgIpc) is 2.41. The molecule has 1 aromatic heterocycles. The van der Waals surface area contributed by atoms with Gasteiger partial charge >= 0.3 is 0 Å². The molecule has 0 unspecified atom stereocenters. The fourth-order valence-corrected chi connectivity index (χ4v) is 1.71. The summed E-state index contributed by atoms with van der Waals surface area (Å²) in [5, 5.41) is 0.376. The summed E-state index contributed by atoms with van der Waals surface area (Å²) in [6.07, 6.45) is 0. The van der Waals surface area contributed by atoms with Gasteiger partial charge in [-0.25, -0.2) is 13.2 Å². The van der Waals surface area contributed by atoms with Crippen LogP contribution in [0.1, 0.15) is 18.2 Å². The Kier molecular flexibility index (Phi) is 2.03. The zero-order chi connectivity index (χ0) is 11.2. The van der Waals surface area contributed by atoms with Gasteiger partial charge in [0.15, 0.2) is 0 Å². The molecule has 0 bridgehead atoms. The fraction of sp³-hybridized carbons (Fsp3) is 0.273. The molecule has 2 rings (SSSR count). The third-order valence-electron chi connectivity index (χ3n) is 2.31. The minimum absolute atomic E-state index is 0.276. The highest BCUT2D eigenvalue weighted by Gasteiger charge is 2.27. The van der Waals surface area contributed by atoms with E-state index < -0.39 is 11.7 Å². The first kappa shape index (κ1) is 10.1. The summed E-state index contributed by atoms with van der Waals surface area (Å²) in [5.41, 5.74) is 0.868. The van der Waals surface area contributed by atoms with E-state index in [2.05, 4.69) is 4.98 Å². The molecule has 0 fully saturated rings. The highest BCUT2D eigenvalue weighted by Crippen LogP contribution is 2.34. The van der Waals surface area contributed by atoms with Crippen molar-refractivity contribution in [1.29, 1.82) is 0 Å². The Morgan fingerprint density at radius 1 is 1.20 bits per heavy atom. The predicted molar refractivity (Wildman–Crippen MR) is 52.6 cm³/mol. The van der Waals surface area contributed by atoms with Crippen LogP contribution in [0.4, 0.5) is 13.2 Å². The highest BCUT2D eigenvalue weighted by atomic mass is 19.3. The smallest absolute Gasteiger partial charge is 0.271 e. The maximum absolute atomic E-state index is 13.2. The Labute approximate surface area is 84.9 Å². The summed E-state index contributed by atoms with van der Waals surface area (Å²) in [5.74, 6) is -3.68. The molecule has 1 heterocycles. The van der Waals surface area contributed by atoms with Crippen LogP contribution in [0, 0.1) is 12.7 Å². The number of nitrogens with one attached hydrogen (secondary N) is 1. The molecule has 0 amide bonds. The van der Waals surface area contributed by atoms with Crippen molar-refractivity contribution >= 4 is 10.9 Å². The van der Waals surface area contributed by atoms with Gasteiger partial charge in [-0.2, -0.15) is 0 Å². The first-order chi connectivity index (χ1) is 6.88. The molecule has 0 radical (unpaired) electrons. The van der Waals surface area contributed by atoms with Crippen LogP contribution < -0.4 is 0 Å². The van der Waals surface area contributed by atoms with Crippen LogP contribution in [0.3, 0.4) is 0 Å². The van der Waals surface area contributed by atoms with Crippen molar-refractivity contribution in [3.63, 3.8) is 0 Å². The van der Waals surface area contributed by atoms with Crippen molar-refractivity contribution in [3.05, 3.63) is 35.3 Å². The van der Waals surface area contributed by atoms with Gasteiger partial charge in [0.2, 0.25) is 0 Å². The largest absolute Gasteiger partial charge is 0.359 e. The number of halogens is 3. The summed E-state index contributed by atoms with van der Waals surface area (Å²) in [7, 11) is 0. The standard InChI is InChI=1S/C11H10F3N/c1-6-3-8-9(11(2,13)14)4-7(12)5-10(8)15-6/h3-5,15H,1-2H3. The van der Waals surface area contributed by atoms with Gasteiger partial charge in [0.25, 0.3) is 5.92 Å². The normalized spacial score (nSPS) is 12.3. The summed E-state index contributed by atoms with van der Waals surface area (Å²) in [6.45, 7) is 2.51. The molecule has 1 nitrogen and oxygen atoms in total. The molecule has 0 saturated carbocycles. The van der Waals surface area contributed by atoms with Crippen molar-refractivity contribution in [2.24, 2.45) is 0 Å². The third-order valence-corrected chi connectivity index (χ3v) is 2.31. The molecule has 0 aliphatic heterocycles. The molecule has 0 saturated heterocycles. The van der Waals surface area contributed by atoms with Crippen LogP contribution in [0.15, 0.2) is 18.2 Å². The maximum Gasteiger partial charge on any atom is 0.271 e. The number of aryl methyl sites for hydroxylation is 1. The van der Waals surface area contributed by atoms with Gasteiger partial charge in [-0.1, -0.05) is 0 Å². The maximum atomic E-state index is 13.2. The summed E-state index contributed by atoms with van der Waals surface area (Å²) < 4.78 is 39.5. The first-order valence-corrected chi connectivity index (χ1v) is 4.55. The third kappa shape index (κ3) is 1.71. The van der Waals surface area contributed by atoms with Gasteiger partial charge in [0, 0.05) is 29.1 Å². The van der Waals surface area contributed by atoms with Crippen molar-refractivity contribution in [2.45, 2.75) is 19.8 Å². The monoisotopic (exact) mass is 213 g/mol. The molecule has 2 aromatic rings. The first-order valence-electron chi connectivity index (χ1n) is 4.55. The fourth-order valence-electron chi connectivity index (χ4n) is 1.71. The Hall–Kier alpha value is -1.45. The summed E-state index contributed by atoms with van der Waals surface area (Å²) in [6, 6.07) is 3.70. The van der Waals surface area contributed by atoms with Gasteiger partial charge in [-0.05, 0) is 25.1 Å². The molecule has 0 aliphatic carbocycles. The Balaban J connectivity index is 2.82. The van der Waals surface area contributed by atoms with Crippen molar-refractivity contribution in [2.75, 3.05) is 0 Å². The van der Waals surface area contributed by atoms with Crippen molar-refractivity contribution in [3.8, 4) is 0 Å². The molecule has 0 atom stereocenters. The Morgan fingerprint density at radius 2 is 1.87 bits per heavy atom. The quantitative estimate of drug-likeness (QED) is 0.742. The van der Waals surface area contributed by atoms with E-state index in [0.29, 0.717) is 10.9 Å². The predicted octanol–water partition coefficient (Wildman–Crippen LogP) is 3.73. The second-order valence-electron chi connectivity index (χ2n) is 3.76. The van der Waals surface area contributed by atoms with E-state index in [1.807, 2.05) is 0 Å². The zero-order valence-electron chi connectivity index (χ0n) is 8.37. The van der Waals surface area contributed by atoms with Crippen molar-refractivity contribution in [1.82, 2.24) is 4.98 Å². The number of aromatic amines is 1. The average molecular weight is 213 g/mol. The lowest BCUT2D eigenvalue weighted by Crippen LogP contribution is -2.07. The molecule has 1 N–H and O–H groups in total. The van der Waals surface area contributed by atoms with E-state index in [1.54, 1.807) is 13.0 Å². The number of rotatable bonds is 1. The lowest BCUT2D eigenvalue weighted by Gasteiger charge is -2.11. The summed E-state index contributed by atoms with van der Waals surface area (Å²) >= 11 is 0. The van der Waals surface area contributed by atoms with Crippen LogP contribution in [0.2, 0.25) is 0 Å². The van der Waals surface area contributed by atoms with Gasteiger partial charge < -0.3 is 4.98 Å². The number of hydrogen-bond donors (Lipinski definition) is 1. The van der Waals surface area contributed by atoms with Gasteiger partial charge in [-0.3, -0.25) is 0 Å². The number of benzene rings is 1. The Morgan fingerprint density at radius 3 is 2.47 bits per heavy atom. The molecule has 4 heteroatoms. The minimum Gasteiger partial charge on any atom is -0.359 e. The summed E-state index contributed by atoms with van der Waals surface area (Å²) in [4.78, 5) is 2.84. The molecule has 0 aliphatic rings. The Bertz CT molecular complexity index is 508. The zero-order valence-corrected chi connectivity index (χ0v) is 8.37. The number of hydrogen-bond acceptors (Lipinski definition) is 0. The minimum atomic E-state index is -3.03. The second-order valence-corrected chi connectivity index (χ2v) is 3.76. The number of H-pyrrole nitrogens is 1. The SMILES string of the molecule is Cc1cc2c(C(C)(F)F)cc(F)cc2[nH]1. The van der Waals surface area contributed by atoms with E-state index in [-0.39, 0.29) is 5.56 Å². The van der Waals surface area contributed by atoms with Crippen molar-refractivity contribution < 1.29 is 13.2 Å². The lowest BCUT2D eigenvalue weighted by atomic mass is 10.0. The van der Waals surface area contributed by atoms with Gasteiger partial charge in [0.05, 0.1) is 0 Å². The molecule has 1 aromatic carbocycles. The van der Waals surface area contributed by atoms with Gasteiger partial charge in [0.1, 0.15) is 5.82 Å². The van der Waals surface area contributed by atoms with E-state index in [0.717, 1.165) is 18.7 Å². The molecular weight excluding hydrogens is 203 g/mol. The molecule has 15 heavy (non-hydrogen) atoms. The molecule has 0 spiro atoms. The van der Waals surface area contributed by atoms with Crippen LogP contribution in [0.5, 0.6) is 0 Å². The molecule has 80 valence electrons. The van der Waals surface area contributed by atoms with Crippen LogP contribution in [-0.4, -0.2) is 4.98 Å². The number of aromatic nitrogens is 1. The van der Waals surface area contributed by atoms with Crippen LogP contribution in [-0.2, 0) is 5.92 Å². The van der Waals surface area contributed by atoms with E-state index >= 15 is 0 Å².